The topological polar surface area (TPSA) is 113 Å². The van der Waals surface area contributed by atoms with E-state index in [1.165, 1.54) is 5.56 Å². The van der Waals surface area contributed by atoms with Crippen molar-refractivity contribution in [3.63, 3.8) is 0 Å². The lowest BCUT2D eigenvalue weighted by Crippen LogP contribution is -2.03. The Hall–Kier alpha value is -3.78. The first kappa shape index (κ1) is 23.4. The van der Waals surface area contributed by atoms with E-state index in [9.17, 15) is 4.79 Å². The number of aliphatic hydroxyl groups is 1. The zero-order valence-corrected chi connectivity index (χ0v) is 19.0. The second-order valence-corrected chi connectivity index (χ2v) is 8.12. The number of nitrogens with one attached hydrogen (secondary N) is 2. The molecule has 0 saturated heterocycles. The number of carbonyl (C=O) groups is 1. The van der Waals surface area contributed by atoms with Gasteiger partial charge in [-0.15, -0.1) is 0 Å². The molecular formula is C26H29N5O3. The summed E-state index contributed by atoms with van der Waals surface area (Å²) in [7, 11) is 0. The molecule has 4 rings (SSSR count). The van der Waals surface area contributed by atoms with Gasteiger partial charge in [0.2, 0.25) is 5.95 Å². The zero-order valence-electron chi connectivity index (χ0n) is 19.0. The number of imidazole rings is 1. The maximum Gasteiger partial charge on any atom is 0.229 e. The fourth-order valence-electron chi connectivity index (χ4n) is 3.68. The molecule has 2 aromatic heterocycles. The molecule has 0 amide bonds. The SMILES string of the molecule is O=C(CO)CCCCCCOc1ccc(Nc2nc(Cc3ccccc3)c3[nH]cnc3n2)cc1. The van der Waals surface area contributed by atoms with Crippen LogP contribution < -0.4 is 10.1 Å². The lowest BCUT2D eigenvalue weighted by molar-refractivity contribution is -0.121. The van der Waals surface area contributed by atoms with Crippen molar-refractivity contribution < 1.29 is 14.6 Å². The van der Waals surface area contributed by atoms with E-state index in [-0.39, 0.29) is 12.4 Å². The largest absolute Gasteiger partial charge is 0.494 e. The van der Waals surface area contributed by atoms with Gasteiger partial charge in [0.1, 0.15) is 17.9 Å². The van der Waals surface area contributed by atoms with Gasteiger partial charge in [-0.2, -0.15) is 4.98 Å². The third kappa shape index (κ3) is 6.62. The quantitative estimate of drug-likeness (QED) is 0.251. The number of carbonyl (C=O) groups excluding carboxylic acids is 1. The molecule has 34 heavy (non-hydrogen) atoms. The van der Waals surface area contributed by atoms with E-state index < -0.39 is 0 Å². The number of benzene rings is 2. The average Bonchev–Trinajstić information content (AvgIpc) is 3.34. The van der Waals surface area contributed by atoms with Crippen LogP contribution >= 0.6 is 0 Å². The third-order valence-electron chi connectivity index (χ3n) is 5.48. The molecule has 2 heterocycles. The maximum absolute atomic E-state index is 11.1. The minimum Gasteiger partial charge on any atom is -0.494 e. The number of hydrogen-bond donors (Lipinski definition) is 3. The van der Waals surface area contributed by atoms with E-state index in [1.807, 2.05) is 42.5 Å². The van der Waals surface area contributed by atoms with Gasteiger partial charge < -0.3 is 20.1 Å². The Labute approximate surface area is 198 Å². The first-order valence-electron chi connectivity index (χ1n) is 11.6. The number of ether oxygens (including phenoxy) is 1. The lowest BCUT2D eigenvalue weighted by Gasteiger charge is -2.10. The number of nitrogens with zero attached hydrogens (tertiary/aromatic N) is 3. The van der Waals surface area contributed by atoms with Gasteiger partial charge in [-0.3, -0.25) is 4.79 Å². The summed E-state index contributed by atoms with van der Waals surface area (Å²) >= 11 is 0. The molecule has 176 valence electrons. The highest BCUT2D eigenvalue weighted by Crippen LogP contribution is 2.22. The number of Topliss-reactive ketones (excluding diaryl/α,β-unsaturated/α-hetero) is 1. The van der Waals surface area contributed by atoms with Crippen molar-refractivity contribution in [3.05, 3.63) is 72.2 Å². The standard InChI is InChI=1S/C26H29N5O3/c32-17-21(33)10-6-1-2-7-15-34-22-13-11-20(12-14-22)29-26-30-23(16-19-8-4-3-5-9-19)24-25(31-26)28-18-27-24/h3-5,8-9,11-14,18,32H,1-2,6-7,10,15-17H2,(H2,27,28,29,30,31). The molecule has 0 spiro atoms. The molecule has 0 radical (unpaired) electrons. The minimum absolute atomic E-state index is 0.0907. The Bertz CT molecular complexity index is 1190. The van der Waals surface area contributed by atoms with Crippen LogP contribution in [0.4, 0.5) is 11.6 Å². The fraction of sp³-hybridized carbons (Fsp3) is 0.308. The molecular weight excluding hydrogens is 430 g/mol. The molecule has 4 aromatic rings. The minimum atomic E-state index is -0.355. The van der Waals surface area contributed by atoms with Gasteiger partial charge in [-0.1, -0.05) is 43.2 Å². The van der Waals surface area contributed by atoms with Gasteiger partial charge in [-0.05, 0) is 42.7 Å². The Morgan fingerprint density at radius 2 is 1.76 bits per heavy atom. The maximum atomic E-state index is 11.1. The summed E-state index contributed by atoms with van der Waals surface area (Å²) in [5.41, 5.74) is 4.39. The van der Waals surface area contributed by atoms with Gasteiger partial charge in [0, 0.05) is 18.5 Å². The highest BCUT2D eigenvalue weighted by molar-refractivity contribution is 5.79. The number of H-pyrrole nitrogens is 1. The lowest BCUT2D eigenvalue weighted by atomic mass is 10.1. The van der Waals surface area contributed by atoms with Crippen LogP contribution in [0.1, 0.15) is 43.4 Å². The molecule has 0 unspecified atom stereocenters. The zero-order chi connectivity index (χ0) is 23.6. The molecule has 8 heteroatoms. The van der Waals surface area contributed by atoms with Crippen molar-refractivity contribution >= 4 is 28.6 Å². The van der Waals surface area contributed by atoms with Crippen molar-refractivity contribution in [1.29, 1.82) is 0 Å². The van der Waals surface area contributed by atoms with E-state index in [0.717, 1.165) is 48.3 Å². The number of unbranched alkanes of at least 4 members (excludes halogenated alkanes) is 3. The number of aromatic amines is 1. The number of anilines is 2. The molecule has 0 aliphatic heterocycles. The van der Waals surface area contributed by atoms with E-state index in [2.05, 4.69) is 32.4 Å². The van der Waals surface area contributed by atoms with Crippen LogP contribution in [0.15, 0.2) is 60.9 Å². The van der Waals surface area contributed by atoms with Gasteiger partial charge in [0.15, 0.2) is 11.4 Å². The number of fused-ring (bicyclic) bond motifs is 1. The van der Waals surface area contributed by atoms with Crippen molar-refractivity contribution in [2.75, 3.05) is 18.5 Å². The smallest absolute Gasteiger partial charge is 0.229 e. The second-order valence-electron chi connectivity index (χ2n) is 8.12. The summed E-state index contributed by atoms with van der Waals surface area (Å²) in [5.74, 6) is 1.21. The number of hydrogen-bond acceptors (Lipinski definition) is 7. The van der Waals surface area contributed by atoms with Crippen LogP contribution in [0.3, 0.4) is 0 Å². The highest BCUT2D eigenvalue weighted by atomic mass is 16.5. The van der Waals surface area contributed by atoms with E-state index in [4.69, 9.17) is 14.8 Å². The predicted molar refractivity (Wildman–Crippen MR) is 131 cm³/mol. The van der Waals surface area contributed by atoms with Crippen molar-refractivity contribution in [3.8, 4) is 5.75 Å². The second kappa shape index (κ2) is 11.9. The Morgan fingerprint density at radius 1 is 0.971 bits per heavy atom. The van der Waals surface area contributed by atoms with Crippen LogP contribution in [-0.4, -0.2) is 44.0 Å². The first-order valence-corrected chi connectivity index (χ1v) is 11.6. The molecule has 0 aliphatic carbocycles. The summed E-state index contributed by atoms with van der Waals surface area (Å²) in [4.78, 5) is 27.8. The highest BCUT2D eigenvalue weighted by Gasteiger charge is 2.11. The van der Waals surface area contributed by atoms with Crippen LogP contribution in [0, 0.1) is 0 Å². The molecule has 0 saturated carbocycles. The molecule has 0 bridgehead atoms. The van der Waals surface area contributed by atoms with Crippen LogP contribution in [0.25, 0.3) is 11.2 Å². The molecule has 0 fully saturated rings. The monoisotopic (exact) mass is 459 g/mol. The molecule has 0 aliphatic rings. The Morgan fingerprint density at radius 3 is 2.56 bits per heavy atom. The van der Waals surface area contributed by atoms with Gasteiger partial charge >= 0.3 is 0 Å². The van der Waals surface area contributed by atoms with Crippen molar-refractivity contribution in [2.45, 2.75) is 38.5 Å². The van der Waals surface area contributed by atoms with Crippen LogP contribution in [0.2, 0.25) is 0 Å². The van der Waals surface area contributed by atoms with E-state index in [1.54, 1.807) is 6.33 Å². The third-order valence-corrected chi connectivity index (χ3v) is 5.48. The first-order chi connectivity index (χ1) is 16.7. The van der Waals surface area contributed by atoms with Gasteiger partial charge in [0.05, 0.1) is 18.6 Å². The van der Waals surface area contributed by atoms with Crippen molar-refractivity contribution in [1.82, 2.24) is 19.9 Å². The average molecular weight is 460 g/mol. The Kier molecular flexibility index (Phi) is 8.18. The van der Waals surface area contributed by atoms with Crippen LogP contribution in [0.5, 0.6) is 5.75 Å². The summed E-state index contributed by atoms with van der Waals surface area (Å²) in [6.45, 7) is 0.273. The fourth-order valence-corrected chi connectivity index (χ4v) is 3.68. The summed E-state index contributed by atoms with van der Waals surface area (Å²) in [6.07, 6.45) is 6.48. The molecule has 0 atom stereocenters. The van der Waals surface area contributed by atoms with Crippen molar-refractivity contribution in [2.24, 2.45) is 0 Å². The summed E-state index contributed by atoms with van der Waals surface area (Å²) in [6, 6.07) is 17.9. The molecule has 3 N–H and O–H groups in total. The normalized spacial score (nSPS) is 11.0. The number of rotatable bonds is 13. The number of aliphatic hydroxyl groups excluding tert-OH is 1. The number of aromatic nitrogens is 4. The molecule has 8 nitrogen and oxygen atoms in total. The molecule has 2 aromatic carbocycles. The van der Waals surface area contributed by atoms with Gasteiger partial charge in [0.25, 0.3) is 0 Å². The number of ketones is 1. The van der Waals surface area contributed by atoms with E-state index in [0.29, 0.717) is 31.0 Å². The summed E-state index contributed by atoms with van der Waals surface area (Å²) in [5, 5.41) is 12.0. The summed E-state index contributed by atoms with van der Waals surface area (Å²) < 4.78 is 5.81. The van der Waals surface area contributed by atoms with E-state index >= 15 is 0 Å². The Balaban J connectivity index is 1.30. The van der Waals surface area contributed by atoms with Gasteiger partial charge in [-0.25, -0.2) is 9.97 Å². The predicted octanol–water partition coefficient (Wildman–Crippen LogP) is 4.58. The van der Waals surface area contributed by atoms with Crippen LogP contribution in [-0.2, 0) is 11.2 Å².